The van der Waals surface area contributed by atoms with Crippen LogP contribution in [0.2, 0.25) is 0 Å². The Kier molecular flexibility index (Phi) is 7.61. The Morgan fingerprint density at radius 1 is 1.21 bits per heavy atom. The predicted octanol–water partition coefficient (Wildman–Crippen LogP) is 3.13. The van der Waals surface area contributed by atoms with Crippen molar-refractivity contribution >= 4 is 29.3 Å². The van der Waals surface area contributed by atoms with Crippen molar-refractivity contribution in [2.45, 2.75) is 39.3 Å². The molecule has 2 amide bonds. The van der Waals surface area contributed by atoms with Crippen LogP contribution in [0, 0.1) is 11.7 Å². The Balaban J connectivity index is 1.94. The third-order valence-corrected chi connectivity index (χ3v) is 5.00. The van der Waals surface area contributed by atoms with Gasteiger partial charge < -0.3 is 26.8 Å². The van der Waals surface area contributed by atoms with E-state index in [2.05, 4.69) is 31.0 Å². The maximum Gasteiger partial charge on any atom is 0.404 e. The first-order valence-corrected chi connectivity index (χ1v) is 10.6. The topological polar surface area (TPSA) is 160 Å². The average molecular weight is 471 g/mol. The van der Waals surface area contributed by atoms with E-state index in [0.29, 0.717) is 17.8 Å². The fourth-order valence-corrected chi connectivity index (χ4v) is 3.42. The zero-order valence-electron chi connectivity index (χ0n) is 19.0. The second kappa shape index (κ2) is 10.6. The highest BCUT2D eigenvalue weighted by atomic mass is 19.1. The van der Waals surface area contributed by atoms with E-state index in [1.807, 2.05) is 13.8 Å². The van der Waals surface area contributed by atoms with Crippen molar-refractivity contribution in [3.63, 3.8) is 0 Å². The molecule has 34 heavy (non-hydrogen) atoms. The van der Waals surface area contributed by atoms with Gasteiger partial charge in [0.2, 0.25) is 0 Å². The van der Waals surface area contributed by atoms with Crippen LogP contribution in [0.1, 0.15) is 37.6 Å². The Bertz CT molecular complexity index is 1150. The number of amides is 2. The van der Waals surface area contributed by atoms with Crippen molar-refractivity contribution in [2.24, 2.45) is 11.7 Å². The molecule has 6 N–H and O–H groups in total. The number of carbonyl (C=O) groups is 2. The Morgan fingerprint density at radius 3 is 2.59 bits per heavy atom. The molecular weight excluding hydrogens is 443 g/mol. The molecule has 0 saturated heterocycles. The van der Waals surface area contributed by atoms with Crippen molar-refractivity contribution in [1.29, 1.82) is 0 Å². The standard InChI is InChI=1S/C22H27FN8O3/c1-12(2)7-18(13(3)27-22(33)34)29-21-17(23)9-16(19(24)32)20(30-21)28-14-8-15(11-25-10-14)31-6-4-5-26-31/h4-6,8-13,18,27H,7H2,1-3H3,(H2,24,32)(H,33,34)(H2,28,29,30)/t13-,18+/m0/s1. The van der Waals surface area contributed by atoms with Crippen molar-refractivity contribution in [1.82, 2.24) is 25.1 Å². The molecule has 0 saturated carbocycles. The quantitative estimate of drug-likeness (QED) is 0.302. The average Bonchev–Trinajstić information content (AvgIpc) is 3.29. The number of nitrogens with one attached hydrogen (secondary N) is 3. The van der Waals surface area contributed by atoms with Gasteiger partial charge in [-0.2, -0.15) is 5.10 Å². The smallest absolute Gasteiger partial charge is 0.404 e. The maximum atomic E-state index is 14.9. The van der Waals surface area contributed by atoms with Gasteiger partial charge in [0.05, 0.1) is 29.3 Å². The monoisotopic (exact) mass is 470 g/mol. The van der Waals surface area contributed by atoms with E-state index in [-0.39, 0.29) is 23.1 Å². The summed E-state index contributed by atoms with van der Waals surface area (Å²) in [6.07, 6.45) is 5.83. The molecule has 0 unspecified atom stereocenters. The second-order valence-electron chi connectivity index (χ2n) is 8.21. The van der Waals surface area contributed by atoms with E-state index < -0.39 is 29.9 Å². The van der Waals surface area contributed by atoms with Gasteiger partial charge in [-0.05, 0) is 37.5 Å². The Morgan fingerprint density at radius 2 is 1.97 bits per heavy atom. The summed E-state index contributed by atoms with van der Waals surface area (Å²) in [5, 5.41) is 21.6. The molecule has 3 heterocycles. The molecule has 0 bridgehead atoms. The molecule has 180 valence electrons. The van der Waals surface area contributed by atoms with Crippen LogP contribution in [0.15, 0.2) is 43.0 Å². The van der Waals surface area contributed by atoms with Crippen LogP contribution in [0.5, 0.6) is 0 Å². The van der Waals surface area contributed by atoms with E-state index in [1.165, 1.54) is 6.20 Å². The van der Waals surface area contributed by atoms with Crippen molar-refractivity contribution in [3.8, 4) is 5.69 Å². The number of anilines is 3. The number of hydrogen-bond acceptors (Lipinski definition) is 7. The number of pyridine rings is 2. The van der Waals surface area contributed by atoms with Gasteiger partial charge in [-0.25, -0.2) is 18.9 Å². The van der Waals surface area contributed by atoms with Crippen molar-refractivity contribution in [2.75, 3.05) is 10.6 Å². The van der Waals surface area contributed by atoms with Crippen LogP contribution >= 0.6 is 0 Å². The van der Waals surface area contributed by atoms with E-state index in [1.54, 1.807) is 42.3 Å². The number of nitrogens with zero attached hydrogens (tertiary/aromatic N) is 4. The number of rotatable bonds is 10. The SMILES string of the molecule is CC(C)C[C@@H](Nc1nc(Nc2cncc(-n3cccn3)c2)c(C(N)=O)cc1F)[C@H](C)NC(=O)O. The summed E-state index contributed by atoms with van der Waals surface area (Å²) in [4.78, 5) is 31.5. The van der Waals surface area contributed by atoms with Crippen LogP contribution in [0.25, 0.3) is 5.69 Å². The summed E-state index contributed by atoms with van der Waals surface area (Å²) in [5.74, 6) is -1.58. The number of carbonyl (C=O) groups excluding carboxylic acids is 1. The molecule has 0 fully saturated rings. The van der Waals surface area contributed by atoms with Crippen molar-refractivity contribution < 1.29 is 19.1 Å². The number of primary amides is 1. The lowest BCUT2D eigenvalue weighted by atomic mass is 9.98. The van der Waals surface area contributed by atoms with Crippen LogP contribution in [0.4, 0.5) is 26.5 Å². The summed E-state index contributed by atoms with van der Waals surface area (Å²) in [6.45, 7) is 5.61. The van der Waals surface area contributed by atoms with Crippen LogP contribution in [-0.2, 0) is 0 Å². The molecule has 0 aromatic carbocycles. The molecule has 3 rings (SSSR count). The van der Waals surface area contributed by atoms with Gasteiger partial charge in [0.25, 0.3) is 5.91 Å². The lowest BCUT2D eigenvalue weighted by Gasteiger charge is -2.27. The van der Waals surface area contributed by atoms with Gasteiger partial charge in [-0.1, -0.05) is 13.8 Å². The van der Waals surface area contributed by atoms with Gasteiger partial charge in [-0.15, -0.1) is 0 Å². The molecule has 0 aliphatic carbocycles. The fourth-order valence-electron chi connectivity index (χ4n) is 3.42. The number of aromatic nitrogens is 4. The van der Waals surface area contributed by atoms with Gasteiger partial charge in [0, 0.05) is 24.5 Å². The van der Waals surface area contributed by atoms with Gasteiger partial charge >= 0.3 is 6.09 Å². The molecule has 3 aromatic heterocycles. The molecule has 0 aliphatic rings. The summed E-state index contributed by atoms with van der Waals surface area (Å²) in [5.41, 5.74) is 6.43. The predicted molar refractivity (Wildman–Crippen MR) is 125 cm³/mol. The number of halogens is 1. The largest absolute Gasteiger partial charge is 0.465 e. The first-order chi connectivity index (χ1) is 16.1. The molecule has 3 aromatic rings. The maximum absolute atomic E-state index is 14.9. The first-order valence-electron chi connectivity index (χ1n) is 10.6. The zero-order valence-corrected chi connectivity index (χ0v) is 19.0. The van der Waals surface area contributed by atoms with Crippen LogP contribution < -0.4 is 21.7 Å². The summed E-state index contributed by atoms with van der Waals surface area (Å²) >= 11 is 0. The highest BCUT2D eigenvalue weighted by Gasteiger charge is 2.24. The van der Waals surface area contributed by atoms with E-state index in [9.17, 15) is 14.0 Å². The minimum Gasteiger partial charge on any atom is -0.465 e. The van der Waals surface area contributed by atoms with Crippen molar-refractivity contribution in [3.05, 3.63) is 54.4 Å². The highest BCUT2D eigenvalue weighted by molar-refractivity contribution is 5.98. The zero-order chi connectivity index (χ0) is 24.8. The Labute approximate surface area is 195 Å². The van der Waals surface area contributed by atoms with Gasteiger partial charge in [0.1, 0.15) is 5.82 Å². The van der Waals surface area contributed by atoms with Gasteiger partial charge in [0.15, 0.2) is 11.6 Å². The lowest BCUT2D eigenvalue weighted by molar-refractivity contribution is 0.100. The molecule has 12 heteroatoms. The summed E-state index contributed by atoms with van der Waals surface area (Å²) < 4.78 is 16.5. The molecule has 2 atom stereocenters. The third kappa shape index (κ3) is 6.18. The molecule has 0 spiro atoms. The Hall–Kier alpha value is -4.22. The summed E-state index contributed by atoms with van der Waals surface area (Å²) in [6, 6.07) is 3.48. The van der Waals surface area contributed by atoms with Gasteiger partial charge in [-0.3, -0.25) is 9.78 Å². The third-order valence-electron chi connectivity index (χ3n) is 5.00. The van der Waals surface area contributed by atoms with E-state index in [0.717, 1.165) is 6.07 Å². The number of carboxylic acid groups (broad SMARTS) is 1. The number of hydrogen-bond donors (Lipinski definition) is 5. The molecular formula is C22H27FN8O3. The minimum atomic E-state index is -1.19. The van der Waals surface area contributed by atoms with Crippen LogP contribution in [-0.4, -0.2) is 48.9 Å². The number of nitrogens with two attached hydrogens (primary N) is 1. The lowest BCUT2D eigenvalue weighted by Crippen LogP contribution is -2.45. The molecule has 0 radical (unpaired) electrons. The minimum absolute atomic E-state index is 0.0259. The normalized spacial score (nSPS) is 12.7. The molecule has 0 aliphatic heterocycles. The first kappa shape index (κ1) is 24.4. The van der Waals surface area contributed by atoms with Crippen LogP contribution in [0.3, 0.4) is 0 Å². The van der Waals surface area contributed by atoms with E-state index in [4.69, 9.17) is 10.8 Å². The second-order valence-corrected chi connectivity index (χ2v) is 8.21. The molecule has 11 nitrogen and oxygen atoms in total. The van der Waals surface area contributed by atoms with E-state index >= 15 is 0 Å². The summed E-state index contributed by atoms with van der Waals surface area (Å²) in [7, 11) is 0. The highest BCUT2D eigenvalue weighted by Crippen LogP contribution is 2.26. The fraction of sp³-hybridized carbons (Fsp3) is 0.318.